The van der Waals surface area contributed by atoms with Crippen molar-refractivity contribution in [3.63, 3.8) is 0 Å². The van der Waals surface area contributed by atoms with E-state index < -0.39 is 11.0 Å². The van der Waals surface area contributed by atoms with Gasteiger partial charge < -0.3 is 15.1 Å². The maximum atomic E-state index is 12.1. The Hall–Kier alpha value is -3.16. The van der Waals surface area contributed by atoms with Gasteiger partial charge in [0.15, 0.2) is 0 Å². The second kappa shape index (κ2) is 6.95. The van der Waals surface area contributed by atoms with Crippen molar-refractivity contribution in [3.05, 3.63) is 64.0 Å². The predicted molar refractivity (Wildman–Crippen MR) is 86.6 cm³/mol. The fraction of sp³-hybridized carbons (Fsp3) is 0.250. The number of nitro groups is 1. The third-order valence-electron chi connectivity index (χ3n) is 3.73. The molecule has 8 heteroatoms. The number of nitrogens with zero attached hydrogens (tertiary/aromatic N) is 2. The smallest absolute Gasteiger partial charge is 0.278 e. The van der Waals surface area contributed by atoms with Crippen LogP contribution in [0.2, 0.25) is 0 Å². The molecule has 3 rings (SSSR count). The lowest BCUT2D eigenvalue weighted by atomic mass is 10.0. The van der Waals surface area contributed by atoms with Crippen LogP contribution in [0.1, 0.15) is 17.7 Å². The van der Waals surface area contributed by atoms with Crippen molar-refractivity contribution in [1.82, 2.24) is 10.3 Å². The van der Waals surface area contributed by atoms with E-state index >= 15 is 0 Å². The third-order valence-corrected chi connectivity index (χ3v) is 3.73. The first-order valence-corrected chi connectivity index (χ1v) is 7.51. The van der Waals surface area contributed by atoms with Crippen LogP contribution in [-0.2, 0) is 16.1 Å². The van der Waals surface area contributed by atoms with Gasteiger partial charge in [0.2, 0.25) is 6.10 Å². The number of para-hydroxylation sites is 1. The van der Waals surface area contributed by atoms with E-state index in [0.29, 0.717) is 24.2 Å². The largest absolute Gasteiger partial charge is 0.382 e. The van der Waals surface area contributed by atoms with Crippen molar-refractivity contribution in [3.8, 4) is 0 Å². The third kappa shape index (κ3) is 3.43. The molecule has 2 heterocycles. The van der Waals surface area contributed by atoms with Crippen LogP contribution < -0.4 is 5.32 Å². The number of rotatable bonds is 6. The summed E-state index contributed by atoms with van der Waals surface area (Å²) in [4.78, 5) is 30.9. The average Bonchev–Trinajstić information content (AvgIpc) is 3.26. The number of amides is 1. The van der Waals surface area contributed by atoms with Gasteiger partial charge in [-0.05, 0) is 18.2 Å². The highest BCUT2D eigenvalue weighted by Gasteiger charge is 2.31. The Balaban J connectivity index is 1.56. The van der Waals surface area contributed by atoms with Gasteiger partial charge in [-0.1, -0.05) is 17.3 Å². The van der Waals surface area contributed by atoms with E-state index in [-0.39, 0.29) is 18.0 Å². The van der Waals surface area contributed by atoms with Gasteiger partial charge in [0.1, 0.15) is 0 Å². The van der Waals surface area contributed by atoms with E-state index in [1.807, 2.05) is 18.3 Å². The maximum Gasteiger partial charge on any atom is 0.278 e. The molecule has 0 fully saturated rings. The van der Waals surface area contributed by atoms with Gasteiger partial charge in [-0.15, -0.1) is 0 Å². The molecule has 0 saturated carbocycles. The van der Waals surface area contributed by atoms with Gasteiger partial charge in [0.25, 0.3) is 11.6 Å². The number of aromatic nitrogens is 1. The normalized spacial score (nSPS) is 16.3. The molecule has 1 atom stereocenters. The minimum absolute atomic E-state index is 0.0485. The van der Waals surface area contributed by atoms with Crippen LogP contribution in [0.15, 0.2) is 47.8 Å². The quantitative estimate of drug-likeness (QED) is 0.622. The van der Waals surface area contributed by atoms with Gasteiger partial charge in [-0.25, -0.2) is 0 Å². The number of nitro benzene ring substituents is 1. The molecule has 8 nitrogen and oxygen atoms in total. The number of hydrogen-bond acceptors (Lipinski definition) is 5. The van der Waals surface area contributed by atoms with E-state index in [2.05, 4.69) is 15.5 Å². The Morgan fingerprint density at radius 2 is 2.21 bits per heavy atom. The summed E-state index contributed by atoms with van der Waals surface area (Å²) in [6.45, 7) is 0.472. The number of carbonyl (C=O) groups is 1. The zero-order valence-corrected chi connectivity index (χ0v) is 12.8. The molecule has 1 aromatic heterocycles. The molecule has 0 bridgehead atoms. The number of nitrogens with one attached hydrogen (secondary N) is 2. The molecular formula is C16H16N4O4. The molecule has 2 aromatic rings. The van der Waals surface area contributed by atoms with Crippen molar-refractivity contribution in [2.24, 2.45) is 5.16 Å². The fourth-order valence-electron chi connectivity index (χ4n) is 2.51. The summed E-state index contributed by atoms with van der Waals surface area (Å²) in [5.74, 6) is -0.279. The number of benzene rings is 1. The molecule has 2 N–H and O–H groups in total. The van der Waals surface area contributed by atoms with Crippen LogP contribution in [0.25, 0.3) is 0 Å². The highest BCUT2D eigenvalue weighted by atomic mass is 16.6. The summed E-state index contributed by atoms with van der Waals surface area (Å²) in [6.07, 6.45) is 1.95. The molecule has 1 aliphatic heterocycles. The monoisotopic (exact) mass is 328 g/mol. The molecule has 124 valence electrons. The molecule has 0 unspecified atom stereocenters. The second-order valence-corrected chi connectivity index (χ2v) is 5.35. The van der Waals surface area contributed by atoms with Gasteiger partial charge in [-0.2, -0.15) is 0 Å². The summed E-state index contributed by atoms with van der Waals surface area (Å²) in [7, 11) is 0. The first-order chi connectivity index (χ1) is 11.6. The van der Waals surface area contributed by atoms with Crippen molar-refractivity contribution in [1.29, 1.82) is 0 Å². The molecule has 1 aliphatic rings. The predicted octanol–water partition coefficient (Wildman–Crippen LogP) is 1.77. The van der Waals surface area contributed by atoms with Crippen LogP contribution >= 0.6 is 0 Å². The lowest BCUT2D eigenvalue weighted by Gasteiger charge is -2.09. The molecular weight excluding hydrogens is 312 g/mol. The molecule has 1 amide bonds. The molecule has 0 spiro atoms. The highest BCUT2D eigenvalue weighted by molar-refractivity contribution is 6.06. The second-order valence-electron chi connectivity index (χ2n) is 5.35. The summed E-state index contributed by atoms with van der Waals surface area (Å²) in [5.41, 5.74) is 1.77. The van der Waals surface area contributed by atoms with Gasteiger partial charge in [0.05, 0.1) is 16.2 Å². The summed E-state index contributed by atoms with van der Waals surface area (Å²) in [6, 6.07) is 10.1. The number of aromatic amines is 1. The Kier molecular flexibility index (Phi) is 4.55. The first-order valence-electron chi connectivity index (χ1n) is 7.51. The number of oxime groups is 1. The van der Waals surface area contributed by atoms with Crippen molar-refractivity contribution in [2.75, 3.05) is 6.54 Å². The number of hydrogen-bond donors (Lipinski definition) is 2. The Bertz CT molecular complexity index is 770. The van der Waals surface area contributed by atoms with Crippen molar-refractivity contribution in [2.45, 2.75) is 18.9 Å². The minimum Gasteiger partial charge on any atom is -0.382 e. The molecule has 0 aliphatic carbocycles. The van der Waals surface area contributed by atoms with Crippen molar-refractivity contribution >= 4 is 17.3 Å². The summed E-state index contributed by atoms with van der Waals surface area (Å²) in [5, 5.41) is 17.7. The first kappa shape index (κ1) is 15.7. The minimum atomic E-state index is -0.761. The van der Waals surface area contributed by atoms with E-state index in [0.717, 1.165) is 5.69 Å². The standard InChI is InChI=1S/C16H16N4O4/c21-16(18-9-7-11-4-3-8-17-11)15-10-13(19-24-15)12-5-1-2-6-14(12)20(22)23/h1-6,8,15,17H,7,9-10H2,(H,18,21)/t15-/m1/s1. The average molecular weight is 328 g/mol. The van der Waals surface area contributed by atoms with Gasteiger partial charge in [0, 0.05) is 37.3 Å². The van der Waals surface area contributed by atoms with E-state index in [4.69, 9.17) is 4.84 Å². The molecule has 24 heavy (non-hydrogen) atoms. The zero-order chi connectivity index (χ0) is 16.9. The summed E-state index contributed by atoms with van der Waals surface area (Å²) >= 11 is 0. The van der Waals surface area contributed by atoms with Crippen LogP contribution in [0.4, 0.5) is 5.69 Å². The Morgan fingerprint density at radius 3 is 2.96 bits per heavy atom. The van der Waals surface area contributed by atoms with Crippen LogP contribution in [-0.4, -0.2) is 34.2 Å². The highest BCUT2D eigenvalue weighted by Crippen LogP contribution is 2.24. The number of H-pyrrole nitrogens is 1. The van der Waals surface area contributed by atoms with E-state index in [1.54, 1.807) is 18.2 Å². The lowest BCUT2D eigenvalue weighted by Crippen LogP contribution is -2.36. The van der Waals surface area contributed by atoms with Gasteiger partial charge >= 0.3 is 0 Å². The molecule has 0 saturated heterocycles. The van der Waals surface area contributed by atoms with E-state index in [1.165, 1.54) is 6.07 Å². The van der Waals surface area contributed by atoms with Crippen LogP contribution in [0.5, 0.6) is 0 Å². The maximum absolute atomic E-state index is 12.1. The van der Waals surface area contributed by atoms with E-state index in [9.17, 15) is 14.9 Å². The zero-order valence-electron chi connectivity index (χ0n) is 12.8. The summed E-state index contributed by atoms with van der Waals surface area (Å²) < 4.78 is 0. The Labute approximate surface area is 137 Å². The number of carbonyl (C=O) groups excluding carboxylic acids is 1. The fourth-order valence-corrected chi connectivity index (χ4v) is 2.51. The topological polar surface area (TPSA) is 110 Å². The molecule has 1 aromatic carbocycles. The van der Waals surface area contributed by atoms with Crippen LogP contribution in [0, 0.1) is 10.1 Å². The van der Waals surface area contributed by atoms with Crippen LogP contribution in [0.3, 0.4) is 0 Å². The molecule has 0 radical (unpaired) electrons. The lowest BCUT2D eigenvalue weighted by molar-refractivity contribution is -0.385. The van der Waals surface area contributed by atoms with Gasteiger partial charge in [-0.3, -0.25) is 14.9 Å². The van der Waals surface area contributed by atoms with Crippen molar-refractivity contribution < 1.29 is 14.6 Å². The SMILES string of the molecule is O=C(NCCc1ccc[nH]1)[C@H]1CC(c2ccccc2[N+](=O)[O-])=NO1. The Morgan fingerprint density at radius 1 is 1.38 bits per heavy atom.